The smallest absolute Gasteiger partial charge is 0.290 e. The molecule has 0 saturated carbocycles. The summed E-state index contributed by atoms with van der Waals surface area (Å²) in [5.74, 6) is 0.983. The monoisotopic (exact) mass is 249 g/mol. The molecule has 1 aliphatic heterocycles. The van der Waals surface area contributed by atoms with E-state index in [0.29, 0.717) is 0 Å². The largest absolute Gasteiger partial charge is 0.483 e. The fraction of sp³-hybridized carbons (Fsp3) is 0.533. The van der Waals surface area contributed by atoms with Crippen molar-refractivity contribution in [3.8, 4) is 0 Å². The van der Waals surface area contributed by atoms with Crippen molar-refractivity contribution < 1.29 is 9.90 Å². The Kier molecular flexibility index (Phi) is 7.11. The maximum Gasteiger partial charge on any atom is 0.290 e. The van der Waals surface area contributed by atoms with Crippen LogP contribution in [0.2, 0.25) is 0 Å². The van der Waals surface area contributed by atoms with Crippen molar-refractivity contribution in [1.29, 1.82) is 0 Å². The number of piperidine rings is 1. The first-order valence-corrected chi connectivity index (χ1v) is 6.64. The van der Waals surface area contributed by atoms with E-state index in [1.54, 1.807) is 0 Å². The number of nitrogens with zero attached hydrogens (tertiary/aromatic N) is 1. The molecular formula is C15H23NO2. The van der Waals surface area contributed by atoms with Crippen molar-refractivity contribution in [1.82, 2.24) is 4.90 Å². The highest BCUT2D eigenvalue weighted by molar-refractivity contribution is 5.32. The van der Waals surface area contributed by atoms with E-state index in [0.717, 1.165) is 12.5 Å². The Morgan fingerprint density at radius 1 is 1.28 bits per heavy atom. The van der Waals surface area contributed by atoms with Gasteiger partial charge in [-0.15, -0.1) is 0 Å². The zero-order chi connectivity index (χ0) is 13.2. The number of likely N-dealkylation sites (tertiary alicyclic amines) is 1. The lowest BCUT2D eigenvalue weighted by Gasteiger charge is -2.31. The fourth-order valence-corrected chi connectivity index (χ4v) is 2.39. The molecule has 1 fully saturated rings. The highest BCUT2D eigenvalue weighted by atomic mass is 16.3. The summed E-state index contributed by atoms with van der Waals surface area (Å²) < 4.78 is 0. The summed E-state index contributed by atoms with van der Waals surface area (Å²) in [7, 11) is 0. The molecule has 3 heteroatoms. The van der Waals surface area contributed by atoms with Gasteiger partial charge >= 0.3 is 0 Å². The molecule has 18 heavy (non-hydrogen) atoms. The van der Waals surface area contributed by atoms with Crippen LogP contribution < -0.4 is 0 Å². The summed E-state index contributed by atoms with van der Waals surface area (Å²) in [5.41, 5.74) is 1.45. The van der Waals surface area contributed by atoms with Crippen molar-refractivity contribution in [2.45, 2.75) is 32.7 Å². The fourth-order valence-electron chi connectivity index (χ4n) is 2.39. The highest BCUT2D eigenvalue weighted by Crippen LogP contribution is 2.21. The van der Waals surface area contributed by atoms with Crippen LogP contribution in [0.4, 0.5) is 0 Å². The van der Waals surface area contributed by atoms with Gasteiger partial charge < -0.3 is 5.11 Å². The maximum atomic E-state index is 8.36. The van der Waals surface area contributed by atoms with Gasteiger partial charge in [-0.1, -0.05) is 43.7 Å². The van der Waals surface area contributed by atoms with Crippen LogP contribution in [0.25, 0.3) is 0 Å². The van der Waals surface area contributed by atoms with Gasteiger partial charge in [0.15, 0.2) is 0 Å². The third-order valence-corrected chi connectivity index (χ3v) is 3.53. The Hall–Kier alpha value is -1.35. The maximum absolute atomic E-state index is 8.36. The minimum atomic E-state index is -0.250. The van der Waals surface area contributed by atoms with E-state index in [1.165, 1.54) is 37.9 Å². The second-order valence-corrected chi connectivity index (χ2v) is 4.72. The van der Waals surface area contributed by atoms with Crippen molar-refractivity contribution in [2.24, 2.45) is 5.92 Å². The predicted octanol–water partition coefficient (Wildman–Crippen LogP) is 3.01. The molecule has 0 amide bonds. The molecule has 1 heterocycles. The zero-order valence-electron chi connectivity index (χ0n) is 11.1. The van der Waals surface area contributed by atoms with E-state index in [4.69, 9.17) is 9.90 Å². The van der Waals surface area contributed by atoms with Crippen LogP contribution in [0.1, 0.15) is 31.7 Å². The third-order valence-electron chi connectivity index (χ3n) is 3.53. The topological polar surface area (TPSA) is 40.5 Å². The molecule has 0 atom stereocenters. The SMILES string of the molecule is CCC1CCN(Cc2ccccc2)CC1.O=CO. The summed E-state index contributed by atoms with van der Waals surface area (Å²) >= 11 is 0. The third kappa shape index (κ3) is 5.32. The van der Waals surface area contributed by atoms with Crippen LogP contribution in [0.15, 0.2) is 30.3 Å². The molecular weight excluding hydrogens is 226 g/mol. The second-order valence-electron chi connectivity index (χ2n) is 4.72. The van der Waals surface area contributed by atoms with Crippen LogP contribution >= 0.6 is 0 Å². The molecule has 1 aliphatic rings. The van der Waals surface area contributed by atoms with Gasteiger partial charge in [0.2, 0.25) is 0 Å². The average Bonchev–Trinajstić information content (AvgIpc) is 2.42. The van der Waals surface area contributed by atoms with Gasteiger partial charge in [0.1, 0.15) is 0 Å². The number of hydrogen-bond donors (Lipinski definition) is 1. The average molecular weight is 249 g/mol. The van der Waals surface area contributed by atoms with Crippen LogP contribution in [0.5, 0.6) is 0 Å². The molecule has 1 saturated heterocycles. The second kappa shape index (κ2) is 8.70. The van der Waals surface area contributed by atoms with Gasteiger partial charge in [-0.3, -0.25) is 9.69 Å². The minimum absolute atomic E-state index is 0.250. The molecule has 3 nitrogen and oxygen atoms in total. The van der Waals surface area contributed by atoms with E-state index in [9.17, 15) is 0 Å². The first-order chi connectivity index (χ1) is 8.80. The van der Waals surface area contributed by atoms with Gasteiger partial charge in [-0.2, -0.15) is 0 Å². The molecule has 1 aromatic carbocycles. The van der Waals surface area contributed by atoms with E-state index in [-0.39, 0.29) is 6.47 Å². The number of benzene rings is 1. The summed E-state index contributed by atoms with van der Waals surface area (Å²) in [6.07, 6.45) is 4.14. The molecule has 1 aromatic rings. The van der Waals surface area contributed by atoms with Crippen molar-refractivity contribution in [3.63, 3.8) is 0 Å². The van der Waals surface area contributed by atoms with Crippen LogP contribution in [0, 0.1) is 5.92 Å². The molecule has 0 spiro atoms. The lowest BCUT2D eigenvalue weighted by Crippen LogP contribution is -2.32. The van der Waals surface area contributed by atoms with Crippen LogP contribution in [-0.2, 0) is 11.3 Å². The minimum Gasteiger partial charge on any atom is -0.483 e. The molecule has 0 aromatic heterocycles. The first-order valence-electron chi connectivity index (χ1n) is 6.64. The summed E-state index contributed by atoms with van der Waals surface area (Å²) in [4.78, 5) is 10.9. The van der Waals surface area contributed by atoms with E-state index >= 15 is 0 Å². The Bertz CT molecular complexity index is 319. The van der Waals surface area contributed by atoms with Crippen LogP contribution in [-0.4, -0.2) is 29.6 Å². The highest BCUT2D eigenvalue weighted by Gasteiger charge is 2.17. The van der Waals surface area contributed by atoms with E-state index in [1.807, 2.05) is 0 Å². The van der Waals surface area contributed by atoms with E-state index in [2.05, 4.69) is 42.2 Å². The number of hydrogen-bond acceptors (Lipinski definition) is 2. The summed E-state index contributed by atoms with van der Waals surface area (Å²) in [6, 6.07) is 10.8. The standard InChI is InChI=1S/C14H21N.CH2O2/c1-2-13-8-10-15(11-9-13)12-14-6-4-3-5-7-14;2-1-3/h3-7,13H,2,8-12H2,1H3;1H,(H,2,3). The predicted molar refractivity (Wildman–Crippen MR) is 73.4 cm³/mol. The van der Waals surface area contributed by atoms with Crippen molar-refractivity contribution in [2.75, 3.05) is 13.1 Å². The van der Waals surface area contributed by atoms with Gasteiger partial charge in [-0.05, 0) is 37.4 Å². The lowest BCUT2D eigenvalue weighted by molar-refractivity contribution is -0.122. The van der Waals surface area contributed by atoms with Gasteiger partial charge in [0, 0.05) is 6.54 Å². The first kappa shape index (κ1) is 14.7. The van der Waals surface area contributed by atoms with Gasteiger partial charge in [-0.25, -0.2) is 0 Å². The Morgan fingerprint density at radius 2 is 1.83 bits per heavy atom. The summed E-state index contributed by atoms with van der Waals surface area (Å²) in [5, 5.41) is 6.89. The normalized spacial score (nSPS) is 16.7. The molecule has 0 unspecified atom stereocenters. The van der Waals surface area contributed by atoms with Gasteiger partial charge in [0.25, 0.3) is 6.47 Å². The van der Waals surface area contributed by atoms with Gasteiger partial charge in [0.05, 0.1) is 0 Å². The lowest BCUT2D eigenvalue weighted by atomic mass is 9.94. The van der Waals surface area contributed by atoms with Crippen LogP contribution in [0.3, 0.4) is 0 Å². The zero-order valence-corrected chi connectivity index (χ0v) is 11.1. The molecule has 100 valence electrons. The Labute approximate surface area is 109 Å². The molecule has 0 bridgehead atoms. The number of carboxylic acid groups (broad SMARTS) is 1. The quantitative estimate of drug-likeness (QED) is 0.837. The van der Waals surface area contributed by atoms with Crippen molar-refractivity contribution >= 4 is 6.47 Å². The molecule has 2 rings (SSSR count). The molecule has 0 aliphatic carbocycles. The summed E-state index contributed by atoms with van der Waals surface area (Å²) in [6.45, 7) is 5.77. The Balaban J connectivity index is 0.000000492. The van der Waals surface area contributed by atoms with Crippen molar-refractivity contribution in [3.05, 3.63) is 35.9 Å². The number of rotatable bonds is 3. The van der Waals surface area contributed by atoms with E-state index < -0.39 is 0 Å². The molecule has 1 N–H and O–H groups in total. The Morgan fingerprint density at radius 3 is 2.33 bits per heavy atom. The molecule has 0 radical (unpaired) electrons. The number of carbonyl (C=O) groups is 1.